The van der Waals surface area contributed by atoms with Crippen LogP contribution < -0.4 is 0 Å². The summed E-state index contributed by atoms with van der Waals surface area (Å²) in [5, 5.41) is 29.6. The van der Waals surface area contributed by atoms with Crippen molar-refractivity contribution >= 4 is 18.1 Å². The van der Waals surface area contributed by atoms with E-state index in [1.165, 1.54) is 0 Å². The molecule has 0 aliphatic carbocycles. The van der Waals surface area contributed by atoms with E-state index in [2.05, 4.69) is 0 Å². The lowest BCUT2D eigenvalue weighted by atomic mass is 10.5. The molecule has 0 aromatic rings. The van der Waals surface area contributed by atoms with Gasteiger partial charge in [0.2, 0.25) is 0 Å². The molecule has 68 valence electrons. The standard InChI is InChI=1S/C4H4O4.CH2O3/c5-3(6)1-2-4(7)8;2-1(3)4/h1-2H,(H,5,6)(H,7,8);(H2,2,3,4). The highest BCUT2D eigenvalue weighted by Gasteiger charge is 1.88. The lowest BCUT2D eigenvalue weighted by molar-refractivity contribution is -0.134. The maximum atomic E-state index is 9.55. The molecule has 12 heavy (non-hydrogen) atoms. The Labute approximate surface area is 66.2 Å². The topological polar surface area (TPSA) is 132 Å². The van der Waals surface area contributed by atoms with Crippen LogP contribution in [0.1, 0.15) is 0 Å². The van der Waals surface area contributed by atoms with Gasteiger partial charge in [-0.3, -0.25) is 0 Å². The van der Waals surface area contributed by atoms with Gasteiger partial charge in [-0.2, -0.15) is 0 Å². The quantitative estimate of drug-likeness (QED) is 0.435. The molecule has 0 radical (unpaired) electrons. The van der Waals surface area contributed by atoms with Crippen LogP contribution in [0.15, 0.2) is 12.2 Å². The third-order valence-corrected chi connectivity index (χ3v) is 0.368. The maximum absolute atomic E-state index is 9.55. The molecule has 0 amide bonds. The molecule has 0 heterocycles. The van der Waals surface area contributed by atoms with Crippen molar-refractivity contribution < 1.29 is 34.8 Å². The summed E-state index contributed by atoms with van der Waals surface area (Å²) in [7, 11) is 0. The van der Waals surface area contributed by atoms with Gasteiger partial charge in [0.25, 0.3) is 0 Å². The number of rotatable bonds is 2. The Morgan fingerprint density at radius 3 is 1.00 bits per heavy atom. The van der Waals surface area contributed by atoms with E-state index in [1.54, 1.807) is 0 Å². The minimum atomic E-state index is -1.83. The van der Waals surface area contributed by atoms with E-state index in [9.17, 15) is 9.59 Å². The van der Waals surface area contributed by atoms with Crippen LogP contribution >= 0.6 is 0 Å². The Kier molecular flexibility index (Phi) is 7.42. The van der Waals surface area contributed by atoms with Crippen LogP contribution in [0.3, 0.4) is 0 Å². The van der Waals surface area contributed by atoms with Gasteiger partial charge >= 0.3 is 18.1 Å². The third-order valence-electron chi connectivity index (χ3n) is 0.368. The van der Waals surface area contributed by atoms with Gasteiger partial charge in [0, 0.05) is 12.2 Å². The summed E-state index contributed by atoms with van der Waals surface area (Å²) >= 11 is 0. The van der Waals surface area contributed by atoms with Crippen LogP contribution in [-0.4, -0.2) is 38.5 Å². The first-order valence-electron chi connectivity index (χ1n) is 2.42. The van der Waals surface area contributed by atoms with Crippen LogP contribution in [0.2, 0.25) is 0 Å². The first kappa shape index (κ1) is 12.6. The minimum Gasteiger partial charge on any atom is -0.478 e. The number of carboxylic acids is 2. The summed E-state index contributed by atoms with van der Waals surface area (Å²) in [6.45, 7) is 0. The normalized spacial score (nSPS) is 8.33. The molecule has 0 rings (SSSR count). The van der Waals surface area contributed by atoms with E-state index in [4.69, 9.17) is 25.2 Å². The molecule has 0 bridgehead atoms. The van der Waals surface area contributed by atoms with Crippen LogP contribution in [0.25, 0.3) is 0 Å². The summed E-state index contributed by atoms with van der Waals surface area (Å²) < 4.78 is 0. The first-order valence-corrected chi connectivity index (χ1v) is 2.42. The van der Waals surface area contributed by atoms with E-state index in [0.29, 0.717) is 12.2 Å². The second kappa shape index (κ2) is 7.06. The van der Waals surface area contributed by atoms with Gasteiger partial charge in [-0.1, -0.05) is 0 Å². The van der Waals surface area contributed by atoms with Crippen molar-refractivity contribution in [2.24, 2.45) is 0 Å². The van der Waals surface area contributed by atoms with Gasteiger partial charge < -0.3 is 20.4 Å². The van der Waals surface area contributed by atoms with E-state index in [1.807, 2.05) is 0 Å². The van der Waals surface area contributed by atoms with Crippen molar-refractivity contribution in [3.05, 3.63) is 12.2 Å². The zero-order valence-electron chi connectivity index (χ0n) is 5.67. The van der Waals surface area contributed by atoms with E-state index < -0.39 is 18.1 Å². The molecule has 7 nitrogen and oxygen atoms in total. The Balaban J connectivity index is 0. The van der Waals surface area contributed by atoms with Crippen molar-refractivity contribution in [3.63, 3.8) is 0 Å². The Morgan fingerprint density at radius 2 is 0.917 bits per heavy atom. The zero-order valence-corrected chi connectivity index (χ0v) is 5.67. The lowest BCUT2D eigenvalue weighted by Crippen LogP contribution is -1.91. The SMILES string of the molecule is O=C(O)C=CC(=O)O.O=C(O)O. The third kappa shape index (κ3) is 44.1. The summed E-state index contributed by atoms with van der Waals surface area (Å²) in [4.78, 5) is 27.7. The van der Waals surface area contributed by atoms with Gasteiger partial charge in [0.15, 0.2) is 0 Å². The molecule has 0 fully saturated rings. The first-order chi connectivity index (χ1) is 5.36. The molecule has 0 aromatic heterocycles. The van der Waals surface area contributed by atoms with Crippen molar-refractivity contribution in [2.75, 3.05) is 0 Å². The average molecular weight is 178 g/mol. The van der Waals surface area contributed by atoms with Crippen molar-refractivity contribution in [3.8, 4) is 0 Å². The second-order valence-electron chi connectivity index (χ2n) is 1.29. The zero-order chi connectivity index (χ0) is 10.1. The molecular formula is C5H6O7. The largest absolute Gasteiger partial charge is 0.503 e. The van der Waals surface area contributed by atoms with Crippen molar-refractivity contribution in [1.82, 2.24) is 0 Å². The highest BCUT2D eigenvalue weighted by Crippen LogP contribution is 1.70. The van der Waals surface area contributed by atoms with E-state index in [0.717, 1.165) is 0 Å². The molecule has 0 saturated carbocycles. The van der Waals surface area contributed by atoms with Crippen LogP contribution in [-0.2, 0) is 9.59 Å². The minimum absolute atomic E-state index is 0.558. The Bertz CT molecular complexity index is 184. The highest BCUT2D eigenvalue weighted by atomic mass is 16.6. The molecule has 0 aromatic carbocycles. The fourth-order valence-electron chi connectivity index (χ4n) is 0.143. The van der Waals surface area contributed by atoms with E-state index >= 15 is 0 Å². The number of carboxylic acid groups (broad SMARTS) is 4. The summed E-state index contributed by atoms with van der Waals surface area (Å²) in [5.41, 5.74) is 0. The molecule has 0 unspecified atom stereocenters. The summed E-state index contributed by atoms with van der Waals surface area (Å²) in [6, 6.07) is 0. The average Bonchev–Trinajstić information content (AvgIpc) is 1.82. The monoisotopic (exact) mass is 178 g/mol. The number of hydrogen-bond acceptors (Lipinski definition) is 3. The summed E-state index contributed by atoms with van der Waals surface area (Å²) in [6.07, 6.45) is -0.718. The van der Waals surface area contributed by atoms with Crippen molar-refractivity contribution in [1.29, 1.82) is 0 Å². The fourth-order valence-corrected chi connectivity index (χ4v) is 0.143. The Morgan fingerprint density at radius 1 is 0.750 bits per heavy atom. The van der Waals surface area contributed by atoms with Gasteiger partial charge in [0.05, 0.1) is 0 Å². The van der Waals surface area contributed by atoms with Crippen molar-refractivity contribution in [2.45, 2.75) is 0 Å². The lowest BCUT2D eigenvalue weighted by Gasteiger charge is -1.74. The van der Waals surface area contributed by atoms with Gasteiger partial charge in [-0.25, -0.2) is 14.4 Å². The molecule has 0 atom stereocenters. The van der Waals surface area contributed by atoms with Crippen LogP contribution in [0.5, 0.6) is 0 Å². The van der Waals surface area contributed by atoms with Gasteiger partial charge in [-0.05, 0) is 0 Å². The molecule has 0 aliphatic heterocycles. The number of aliphatic carboxylic acids is 2. The Hall–Kier alpha value is -2.05. The van der Waals surface area contributed by atoms with Crippen LogP contribution in [0, 0.1) is 0 Å². The molecule has 4 N–H and O–H groups in total. The van der Waals surface area contributed by atoms with Gasteiger partial charge in [-0.15, -0.1) is 0 Å². The predicted octanol–water partition coefficient (Wildman–Crippen LogP) is -0.0658. The number of hydrogen-bond donors (Lipinski definition) is 4. The molecule has 0 spiro atoms. The van der Waals surface area contributed by atoms with Gasteiger partial charge in [0.1, 0.15) is 0 Å². The highest BCUT2D eigenvalue weighted by molar-refractivity contribution is 5.89. The molecular weight excluding hydrogens is 172 g/mol. The molecule has 7 heteroatoms. The second-order valence-corrected chi connectivity index (χ2v) is 1.29. The smallest absolute Gasteiger partial charge is 0.478 e. The number of carbonyl (C=O) groups is 3. The molecule has 0 aliphatic rings. The summed E-state index contributed by atoms with van der Waals surface area (Å²) in [5.74, 6) is -2.51. The van der Waals surface area contributed by atoms with E-state index in [-0.39, 0.29) is 0 Å². The predicted molar refractivity (Wildman–Crippen MR) is 35.1 cm³/mol. The van der Waals surface area contributed by atoms with Crippen LogP contribution in [0.4, 0.5) is 4.79 Å². The fraction of sp³-hybridized carbons (Fsp3) is 0. The molecule has 0 saturated heterocycles. The maximum Gasteiger partial charge on any atom is 0.503 e.